The molecule has 0 saturated carbocycles. The van der Waals surface area contributed by atoms with Gasteiger partial charge in [-0.2, -0.15) is 4.98 Å². The Balaban J connectivity index is 1.66. The SMILES string of the molecule is CCc1ccccc1Nc1nccc(N2c3ccccc3CC2C)n1. The Kier molecular flexibility index (Phi) is 4.10. The summed E-state index contributed by atoms with van der Waals surface area (Å²) in [5.74, 6) is 1.57. The molecule has 0 aliphatic carbocycles. The minimum absolute atomic E-state index is 0.392. The molecule has 0 spiro atoms. The number of rotatable bonds is 4. The summed E-state index contributed by atoms with van der Waals surface area (Å²) in [6.07, 6.45) is 3.84. The second kappa shape index (κ2) is 6.55. The van der Waals surface area contributed by atoms with E-state index in [0.29, 0.717) is 12.0 Å². The van der Waals surface area contributed by atoms with E-state index in [2.05, 4.69) is 71.5 Å². The molecular weight excluding hydrogens is 308 g/mol. The molecule has 0 bridgehead atoms. The first kappa shape index (κ1) is 15.6. The average molecular weight is 330 g/mol. The van der Waals surface area contributed by atoms with Gasteiger partial charge in [0, 0.05) is 23.6 Å². The van der Waals surface area contributed by atoms with Crippen LogP contribution in [0.1, 0.15) is 25.0 Å². The van der Waals surface area contributed by atoms with E-state index in [0.717, 1.165) is 24.3 Å². The Hall–Kier alpha value is -2.88. The van der Waals surface area contributed by atoms with Gasteiger partial charge in [-0.15, -0.1) is 0 Å². The number of nitrogens with zero attached hydrogens (tertiary/aromatic N) is 3. The van der Waals surface area contributed by atoms with Crippen molar-refractivity contribution in [2.45, 2.75) is 32.7 Å². The number of hydrogen-bond donors (Lipinski definition) is 1. The fourth-order valence-electron chi connectivity index (χ4n) is 3.53. The number of anilines is 4. The average Bonchev–Trinajstić information content (AvgIpc) is 2.98. The maximum Gasteiger partial charge on any atom is 0.229 e. The molecule has 0 radical (unpaired) electrons. The molecule has 0 amide bonds. The highest BCUT2D eigenvalue weighted by atomic mass is 15.3. The van der Waals surface area contributed by atoms with Crippen molar-refractivity contribution in [2.24, 2.45) is 0 Å². The van der Waals surface area contributed by atoms with Crippen LogP contribution >= 0.6 is 0 Å². The molecule has 1 aromatic heterocycles. The first-order valence-electron chi connectivity index (χ1n) is 8.81. The van der Waals surface area contributed by atoms with Crippen LogP contribution in [-0.2, 0) is 12.8 Å². The van der Waals surface area contributed by atoms with Crippen molar-refractivity contribution in [1.82, 2.24) is 9.97 Å². The lowest BCUT2D eigenvalue weighted by molar-refractivity contribution is 0.749. The van der Waals surface area contributed by atoms with Crippen LogP contribution in [0.25, 0.3) is 0 Å². The molecule has 4 nitrogen and oxygen atoms in total. The monoisotopic (exact) mass is 330 g/mol. The zero-order valence-corrected chi connectivity index (χ0v) is 14.6. The quantitative estimate of drug-likeness (QED) is 0.741. The minimum Gasteiger partial charge on any atom is -0.324 e. The van der Waals surface area contributed by atoms with Crippen molar-refractivity contribution in [3.05, 3.63) is 71.9 Å². The molecule has 1 unspecified atom stereocenters. The molecule has 2 heterocycles. The van der Waals surface area contributed by atoms with Crippen LogP contribution in [0.5, 0.6) is 0 Å². The van der Waals surface area contributed by atoms with Crippen molar-refractivity contribution in [3.8, 4) is 0 Å². The zero-order chi connectivity index (χ0) is 17.2. The molecule has 4 heteroatoms. The highest BCUT2D eigenvalue weighted by molar-refractivity contribution is 5.69. The number of fused-ring (bicyclic) bond motifs is 1. The fourth-order valence-corrected chi connectivity index (χ4v) is 3.53. The van der Waals surface area contributed by atoms with Crippen LogP contribution in [0.15, 0.2) is 60.8 Å². The Morgan fingerprint density at radius 2 is 1.88 bits per heavy atom. The molecule has 2 aromatic carbocycles. The van der Waals surface area contributed by atoms with Crippen LogP contribution in [0, 0.1) is 0 Å². The summed E-state index contributed by atoms with van der Waals surface area (Å²) in [7, 11) is 0. The van der Waals surface area contributed by atoms with Gasteiger partial charge in [0.2, 0.25) is 5.95 Å². The Morgan fingerprint density at radius 1 is 1.08 bits per heavy atom. The van der Waals surface area contributed by atoms with Gasteiger partial charge in [0.15, 0.2) is 0 Å². The van der Waals surface area contributed by atoms with E-state index in [1.165, 1.54) is 16.8 Å². The van der Waals surface area contributed by atoms with Gasteiger partial charge >= 0.3 is 0 Å². The first-order chi connectivity index (χ1) is 12.3. The first-order valence-corrected chi connectivity index (χ1v) is 8.81. The molecule has 4 rings (SSSR count). The van der Waals surface area contributed by atoms with Gasteiger partial charge in [0.1, 0.15) is 5.82 Å². The predicted molar refractivity (Wildman–Crippen MR) is 103 cm³/mol. The molecule has 0 saturated heterocycles. The number of nitrogens with one attached hydrogen (secondary N) is 1. The fraction of sp³-hybridized carbons (Fsp3) is 0.238. The lowest BCUT2D eigenvalue weighted by Crippen LogP contribution is -2.25. The van der Waals surface area contributed by atoms with Gasteiger partial charge in [0.25, 0.3) is 0 Å². The summed E-state index contributed by atoms with van der Waals surface area (Å²) in [5.41, 5.74) is 4.95. The molecule has 126 valence electrons. The van der Waals surface area contributed by atoms with Crippen LogP contribution < -0.4 is 10.2 Å². The second-order valence-corrected chi connectivity index (χ2v) is 6.43. The Morgan fingerprint density at radius 3 is 2.76 bits per heavy atom. The molecule has 1 aliphatic heterocycles. The van der Waals surface area contributed by atoms with Crippen molar-refractivity contribution < 1.29 is 0 Å². The number of aromatic nitrogens is 2. The molecular formula is C21H22N4. The maximum atomic E-state index is 4.78. The van der Waals surface area contributed by atoms with Gasteiger partial charge in [-0.1, -0.05) is 43.3 Å². The van der Waals surface area contributed by atoms with Crippen molar-refractivity contribution >= 4 is 23.1 Å². The van der Waals surface area contributed by atoms with Gasteiger partial charge in [-0.25, -0.2) is 4.98 Å². The lowest BCUT2D eigenvalue weighted by atomic mass is 10.1. The smallest absolute Gasteiger partial charge is 0.229 e. The molecule has 0 fully saturated rings. The van der Waals surface area contributed by atoms with E-state index in [-0.39, 0.29) is 0 Å². The van der Waals surface area contributed by atoms with Gasteiger partial charge in [-0.05, 0) is 49.1 Å². The number of aryl methyl sites for hydroxylation is 1. The van der Waals surface area contributed by atoms with Gasteiger partial charge in [-0.3, -0.25) is 0 Å². The summed E-state index contributed by atoms with van der Waals surface area (Å²) in [4.78, 5) is 11.5. The van der Waals surface area contributed by atoms with Crippen molar-refractivity contribution in [1.29, 1.82) is 0 Å². The lowest BCUT2D eigenvalue weighted by Gasteiger charge is -2.24. The number of hydrogen-bond acceptors (Lipinski definition) is 4. The minimum atomic E-state index is 0.392. The molecule has 1 atom stereocenters. The largest absolute Gasteiger partial charge is 0.324 e. The van der Waals surface area contributed by atoms with Crippen LogP contribution in [-0.4, -0.2) is 16.0 Å². The van der Waals surface area contributed by atoms with Crippen molar-refractivity contribution in [2.75, 3.05) is 10.2 Å². The van der Waals surface area contributed by atoms with E-state index >= 15 is 0 Å². The van der Waals surface area contributed by atoms with Gasteiger partial charge < -0.3 is 10.2 Å². The maximum absolute atomic E-state index is 4.78. The summed E-state index contributed by atoms with van der Waals surface area (Å²) < 4.78 is 0. The third-order valence-electron chi connectivity index (χ3n) is 4.74. The molecule has 1 N–H and O–H groups in total. The van der Waals surface area contributed by atoms with Crippen LogP contribution in [0.3, 0.4) is 0 Å². The third-order valence-corrected chi connectivity index (χ3v) is 4.74. The van der Waals surface area contributed by atoms with E-state index in [1.54, 1.807) is 0 Å². The topological polar surface area (TPSA) is 41.1 Å². The van der Waals surface area contributed by atoms with E-state index < -0.39 is 0 Å². The Bertz CT molecular complexity index is 890. The normalized spacial score (nSPS) is 15.9. The molecule has 25 heavy (non-hydrogen) atoms. The molecule has 1 aliphatic rings. The summed E-state index contributed by atoms with van der Waals surface area (Å²) >= 11 is 0. The summed E-state index contributed by atoms with van der Waals surface area (Å²) in [6, 6.07) is 19.2. The summed E-state index contributed by atoms with van der Waals surface area (Å²) in [5, 5.41) is 3.38. The highest BCUT2D eigenvalue weighted by Gasteiger charge is 2.27. The zero-order valence-electron chi connectivity index (χ0n) is 14.6. The molecule has 3 aromatic rings. The third kappa shape index (κ3) is 2.95. The van der Waals surface area contributed by atoms with Crippen LogP contribution in [0.4, 0.5) is 23.1 Å². The van der Waals surface area contributed by atoms with E-state index in [9.17, 15) is 0 Å². The van der Waals surface area contributed by atoms with E-state index in [1.807, 2.05) is 18.3 Å². The predicted octanol–water partition coefficient (Wildman–Crippen LogP) is 4.87. The van der Waals surface area contributed by atoms with Crippen LogP contribution in [0.2, 0.25) is 0 Å². The van der Waals surface area contributed by atoms with E-state index in [4.69, 9.17) is 4.98 Å². The standard InChI is InChI=1S/C21H22N4/c1-3-16-8-4-6-10-18(16)23-21-22-13-12-20(24-21)25-15(2)14-17-9-5-7-11-19(17)25/h4-13,15H,3,14H2,1-2H3,(H,22,23,24). The Labute approximate surface area is 148 Å². The highest BCUT2D eigenvalue weighted by Crippen LogP contribution is 2.37. The second-order valence-electron chi connectivity index (χ2n) is 6.43. The van der Waals surface area contributed by atoms with Crippen molar-refractivity contribution in [3.63, 3.8) is 0 Å². The van der Waals surface area contributed by atoms with Gasteiger partial charge in [0.05, 0.1) is 0 Å². The number of para-hydroxylation sites is 2. The summed E-state index contributed by atoms with van der Waals surface area (Å²) in [6.45, 7) is 4.39. The number of benzene rings is 2.